The molecular formula is C18H11BrN2O2S. The summed E-state index contributed by atoms with van der Waals surface area (Å²) in [6, 6.07) is 14.0. The number of aromatic nitrogens is 1. The Bertz CT molecular complexity index is 971. The summed E-state index contributed by atoms with van der Waals surface area (Å²) in [6.07, 6.45) is 1.83. The van der Waals surface area contributed by atoms with E-state index in [9.17, 15) is 5.26 Å². The largest absolute Gasteiger partial charge is 0.467 e. The molecule has 0 aliphatic carbocycles. The third-order valence-electron chi connectivity index (χ3n) is 3.65. The van der Waals surface area contributed by atoms with Gasteiger partial charge in [-0.3, -0.25) is 0 Å². The molecule has 118 valence electrons. The van der Waals surface area contributed by atoms with Gasteiger partial charge in [-0.1, -0.05) is 28.1 Å². The van der Waals surface area contributed by atoms with Crippen LogP contribution in [0.5, 0.6) is 5.75 Å². The Morgan fingerprint density at radius 2 is 2.21 bits per heavy atom. The number of thiazole rings is 1. The van der Waals surface area contributed by atoms with Crippen LogP contribution in [0, 0.1) is 11.3 Å². The molecule has 2 aromatic carbocycles. The molecule has 4 rings (SSSR count). The lowest BCUT2D eigenvalue weighted by molar-refractivity contribution is -0.0165. The number of fused-ring (bicyclic) bond motifs is 2. The van der Waals surface area contributed by atoms with Gasteiger partial charge in [-0.05, 0) is 30.3 Å². The Morgan fingerprint density at radius 3 is 3.04 bits per heavy atom. The van der Waals surface area contributed by atoms with E-state index in [4.69, 9.17) is 9.47 Å². The number of rotatable bonds is 2. The van der Waals surface area contributed by atoms with E-state index in [0.29, 0.717) is 17.2 Å². The molecule has 0 fully saturated rings. The van der Waals surface area contributed by atoms with Crippen LogP contribution in [-0.2, 0) is 11.3 Å². The summed E-state index contributed by atoms with van der Waals surface area (Å²) in [5.74, 6) is 0.762. The van der Waals surface area contributed by atoms with Crippen LogP contribution >= 0.6 is 27.3 Å². The predicted octanol–water partition coefficient (Wildman–Crippen LogP) is 4.99. The first kappa shape index (κ1) is 15.3. The van der Waals surface area contributed by atoms with Gasteiger partial charge in [-0.2, -0.15) is 5.26 Å². The van der Waals surface area contributed by atoms with Crippen molar-refractivity contribution in [1.82, 2.24) is 4.98 Å². The minimum Gasteiger partial charge on any atom is -0.467 e. The molecule has 0 unspecified atom stereocenters. The number of nitriles is 1. The molecule has 0 spiro atoms. The SMILES string of the molecule is N#CC(=Cc1cc(Br)cc2c1OCOC2)c1nc2ccccc2s1. The maximum Gasteiger partial charge on any atom is 0.189 e. The third kappa shape index (κ3) is 2.82. The van der Waals surface area contributed by atoms with Crippen molar-refractivity contribution in [2.24, 2.45) is 0 Å². The van der Waals surface area contributed by atoms with E-state index in [0.717, 1.165) is 31.6 Å². The van der Waals surface area contributed by atoms with Gasteiger partial charge in [0.15, 0.2) is 6.79 Å². The van der Waals surface area contributed by atoms with Crippen molar-refractivity contribution in [3.8, 4) is 11.8 Å². The highest BCUT2D eigenvalue weighted by molar-refractivity contribution is 9.10. The van der Waals surface area contributed by atoms with Crippen LogP contribution in [0.4, 0.5) is 0 Å². The average Bonchev–Trinajstić information content (AvgIpc) is 3.03. The third-order valence-corrected chi connectivity index (χ3v) is 5.18. The summed E-state index contributed by atoms with van der Waals surface area (Å²) in [6.45, 7) is 0.719. The monoisotopic (exact) mass is 398 g/mol. The zero-order valence-electron chi connectivity index (χ0n) is 12.5. The van der Waals surface area contributed by atoms with Crippen molar-refractivity contribution < 1.29 is 9.47 Å². The number of hydrogen-bond donors (Lipinski definition) is 0. The second-order valence-electron chi connectivity index (χ2n) is 5.25. The molecule has 4 nitrogen and oxygen atoms in total. The van der Waals surface area contributed by atoms with Crippen LogP contribution in [0.2, 0.25) is 0 Å². The number of hydrogen-bond acceptors (Lipinski definition) is 5. The normalized spacial score (nSPS) is 14.1. The lowest BCUT2D eigenvalue weighted by atomic mass is 10.1. The molecule has 1 aliphatic heterocycles. The van der Waals surface area contributed by atoms with Crippen molar-refractivity contribution >= 4 is 49.1 Å². The van der Waals surface area contributed by atoms with Gasteiger partial charge >= 0.3 is 0 Å². The highest BCUT2D eigenvalue weighted by Crippen LogP contribution is 2.35. The Kier molecular flexibility index (Phi) is 4.07. The topological polar surface area (TPSA) is 55.1 Å². The first-order valence-electron chi connectivity index (χ1n) is 7.25. The molecule has 1 aromatic heterocycles. The van der Waals surface area contributed by atoms with Gasteiger partial charge in [0, 0.05) is 15.6 Å². The second kappa shape index (κ2) is 6.36. The summed E-state index contributed by atoms with van der Waals surface area (Å²) in [7, 11) is 0. The van der Waals surface area contributed by atoms with Gasteiger partial charge in [0.05, 0.1) is 22.4 Å². The fourth-order valence-electron chi connectivity index (χ4n) is 2.60. The van der Waals surface area contributed by atoms with E-state index >= 15 is 0 Å². The van der Waals surface area contributed by atoms with Crippen LogP contribution in [0.15, 0.2) is 40.9 Å². The molecule has 2 heterocycles. The molecule has 0 amide bonds. The average molecular weight is 399 g/mol. The fourth-order valence-corrected chi connectivity index (χ4v) is 4.06. The maximum atomic E-state index is 9.61. The Morgan fingerprint density at radius 1 is 1.33 bits per heavy atom. The van der Waals surface area contributed by atoms with Crippen LogP contribution < -0.4 is 4.74 Å². The van der Waals surface area contributed by atoms with Gasteiger partial charge in [-0.25, -0.2) is 4.98 Å². The molecule has 6 heteroatoms. The summed E-state index contributed by atoms with van der Waals surface area (Å²) < 4.78 is 12.9. The second-order valence-corrected chi connectivity index (χ2v) is 7.20. The first-order valence-corrected chi connectivity index (χ1v) is 8.86. The molecule has 0 bridgehead atoms. The smallest absolute Gasteiger partial charge is 0.189 e. The van der Waals surface area contributed by atoms with Crippen LogP contribution in [0.1, 0.15) is 16.1 Å². The van der Waals surface area contributed by atoms with E-state index in [1.807, 2.05) is 42.5 Å². The minimum absolute atomic E-state index is 0.221. The van der Waals surface area contributed by atoms with Crippen molar-refractivity contribution in [3.05, 3.63) is 57.0 Å². The summed E-state index contributed by atoms with van der Waals surface area (Å²) in [4.78, 5) is 4.57. The summed E-state index contributed by atoms with van der Waals surface area (Å²) in [5.41, 5.74) is 3.23. The van der Waals surface area contributed by atoms with Crippen molar-refractivity contribution in [1.29, 1.82) is 5.26 Å². The van der Waals surface area contributed by atoms with Gasteiger partial charge in [-0.15, -0.1) is 11.3 Å². The van der Waals surface area contributed by atoms with Gasteiger partial charge in [0.2, 0.25) is 0 Å². The van der Waals surface area contributed by atoms with Crippen LogP contribution in [-0.4, -0.2) is 11.8 Å². The van der Waals surface area contributed by atoms with Gasteiger partial charge < -0.3 is 9.47 Å². The van der Waals surface area contributed by atoms with Crippen molar-refractivity contribution in [3.63, 3.8) is 0 Å². The van der Waals surface area contributed by atoms with Gasteiger partial charge in [0.1, 0.15) is 16.8 Å². The van der Waals surface area contributed by atoms with Gasteiger partial charge in [0.25, 0.3) is 0 Å². The highest BCUT2D eigenvalue weighted by atomic mass is 79.9. The first-order chi connectivity index (χ1) is 11.7. The minimum atomic E-state index is 0.221. The molecule has 0 radical (unpaired) electrons. The number of ether oxygens (including phenoxy) is 2. The van der Waals surface area contributed by atoms with Crippen LogP contribution in [0.25, 0.3) is 21.9 Å². The molecule has 24 heavy (non-hydrogen) atoms. The fraction of sp³-hybridized carbons (Fsp3) is 0.111. The molecule has 0 atom stereocenters. The molecule has 3 aromatic rings. The zero-order valence-corrected chi connectivity index (χ0v) is 14.9. The molecule has 0 N–H and O–H groups in total. The van der Waals surface area contributed by atoms with E-state index in [2.05, 4.69) is 27.0 Å². The zero-order chi connectivity index (χ0) is 16.5. The molecule has 0 saturated carbocycles. The van der Waals surface area contributed by atoms with E-state index in [1.165, 1.54) is 11.3 Å². The van der Waals surface area contributed by atoms with E-state index in [-0.39, 0.29) is 6.79 Å². The molecule has 1 aliphatic rings. The van der Waals surface area contributed by atoms with Crippen LogP contribution in [0.3, 0.4) is 0 Å². The van der Waals surface area contributed by atoms with Crippen molar-refractivity contribution in [2.45, 2.75) is 6.61 Å². The standard InChI is InChI=1S/C18H11BrN2O2S/c19-14-6-11(17-13(7-14)9-22-10-23-17)5-12(8-20)18-21-15-3-1-2-4-16(15)24-18/h1-7H,9-10H2. The maximum absolute atomic E-state index is 9.61. The number of para-hydroxylation sites is 1. The highest BCUT2D eigenvalue weighted by Gasteiger charge is 2.17. The Labute approximate surface area is 151 Å². The van der Waals surface area contributed by atoms with E-state index in [1.54, 1.807) is 0 Å². The molecular weight excluding hydrogens is 388 g/mol. The van der Waals surface area contributed by atoms with E-state index < -0.39 is 0 Å². The molecule has 0 saturated heterocycles. The lowest BCUT2D eigenvalue weighted by Gasteiger charge is -2.20. The number of benzene rings is 2. The van der Waals surface area contributed by atoms with Crippen molar-refractivity contribution in [2.75, 3.05) is 6.79 Å². The Balaban J connectivity index is 1.84. The summed E-state index contributed by atoms with van der Waals surface area (Å²) in [5, 5.41) is 10.3. The predicted molar refractivity (Wildman–Crippen MR) is 97.5 cm³/mol. The lowest BCUT2D eigenvalue weighted by Crippen LogP contribution is -2.12. The number of halogens is 1. The Hall–Kier alpha value is -2.20. The quantitative estimate of drug-likeness (QED) is 0.570. The summed E-state index contributed by atoms with van der Waals surface area (Å²) >= 11 is 5.01. The number of allylic oxidation sites excluding steroid dienone is 1. The number of nitrogens with zero attached hydrogens (tertiary/aromatic N) is 2.